The molecule has 1 unspecified atom stereocenters. The van der Waals surface area contributed by atoms with Gasteiger partial charge in [0.15, 0.2) is 6.29 Å². The van der Waals surface area contributed by atoms with Crippen molar-refractivity contribution in [2.24, 2.45) is 0 Å². The number of ether oxygens (including phenoxy) is 4. The molecule has 24 heavy (non-hydrogen) atoms. The highest BCUT2D eigenvalue weighted by Crippen LogP contribution is 2.25. The van der Waals surface area contributed by atoms with Gasteiger partial charge in [-0.3, -0.25) is 0 Å². The quantitative estimate of drug-likeness (QED) is 0.747. The maximum absolute atomic E-state index is 9.21. The lowest BCUT2D eigenvalue weighted by Gasteiger charge is -2.22. The van der Waals surface area contributed by atoms with E-state index < -0.39 is 0 Å². The monoisotopic (exact) mass is 330 g/mol. The van der Waals surface area contributed by atoms with Crippen LogP contribution in [0.2, 0.25) is 0 Å². The first-order chi connectivity index (χ1) is 11.9. The molecule has 1 atom stereocenters. The molecule has 3 rings (SSSR count). The van der Waals surface area contributed by atoms with Crippen molar-refractivity contribution in [2.45, 2.75) is 32.0 Å². The summed E-state index contributed by atoms with van der Waals surface area (Å²) in [6, 6.07) is 7.80. The highest BCUT2D eigenvalue weighted by atomic mass is 16.7. The van der Waals surface area contributed by atoms with E-state index >= 15 is 0 Å². The van der Waals surface area contributed by atoms with Crippen molar-refractivity contribution in [1.82, 2.24) is 4.98 Å². The molecule has 0 N–H and O–H groups in total. The molecule has 128 valence electrons. The normalized spacial score (nSPS) is 21.4. The number of nitriles is 1. The number of hydrogen-bond donors (Lipinski definition) is 0. The summed E-state index contributed by atoms with van der Waals surface area (Å²) in [5.74, 6) is 0.539. The van der Waals surface area contributed by atoms with Gasteiger partial charge in [0.25, 0.3) is 0 Å². The lowest BCUT2D eigenvalue weighted by atomic mass is 10.0. The topological polar surface area (TPSA) is 73.6 Å². The van der Waals surface area contributed by atoms with Gasteiger partial charge in [-0.1, -0.05) is 6.07 Å². The molecule has 0 amide bonds. The van der Waals surface area contributed by atoms with E-state index in [0.717, 1.165) is 37.1 Å². The molecular weight excluding hydrogens is 308 g/mol. The van der Waals surface area contributed by atoms with Crippen LogP contribution in [0.15, 0.2) is 23.8 Å². The molecule has 1 fully saturated rings. The Labute approximate surface area is 142 Å². The van der Waals surface area contributed by atoms with Crippen LogP contribution in [0.4, 0.5) is 0 Å². The zero-order valence-corrected chi connectivity index (χ0v) is 13.7. The second-order valence-electron chi connectivity index (χ2n) is 5.75. The van der Waals surface area contributed by atoms with Gasteiger partial charge in [-0.05, 0) is 37.3 Å². The summed E-state index contributed by atoms with van der Waals surface area (Å²) >= 11 is 0. The molecule has 1 saturated heterocycles. The molecule has 0 saturated carbocycles. The van der Waals surface area contributed by atoms with Crippen molar-refractivity contribution in [3.05, 3.63) is 29.5 Å². The average Bonchev–Trinajstić information content (AvgIpc) is 2.66. The number of pyridine rings is 1. The Balaban J connectivity index is 1.53. The fourth-order valence-corrected chi connectivity index (χ4v) is 2.80. The van der Waals surface area contributed by atoms with Crippen LogP contribution in [0.5, 0.6) is 5.88 Å². The highest BCUT2D eigenvalue weighted by Gasteiger charge is 2.16. The third-order valence-electron chi connectivity index (χ3n) is 4.05. The maximum Gasteiger partial charge on any atom is 0.213 e. The van der Waals surface area contributed by atoms with Crippen molar-refractivity contribution in [3.8, 4) is 11.9 Å². The van der Waals surface area contributed by atoms with Gasteiger partial charge < -0.3 is 18.9 Å². The number of nitrogens with zero attached hydrogens (tertiary/aromatic N) is 2. The summed E-state index contributed by atoms with van der Waals surface area (Å²) in [4.78, 5) is 4.51. The number of hydrogen-bond acceptors (Lipinski definition) is 6. The van der Waals surface area contributed by atoms with Crippen LogP contribution in [0.3, 0.4) is 0 Å². The molecule has 0 bridgehead atoms. The van der Waals surface area contributed by atoms with E-state index in [0.29, 0.717) is 44.3 Å². The minimum absolute atomic E-state index is 0.104. The van der Waals surface area contributed by atoms with E-state index in [2.05, 4.69) is 11.1 Å². The summed E-state index contributed by atoms with van der Waals surface area (Å²) in [7, 11) is 0. The van der Waals surface area contributed by atoms with E-state index in [1.807, 2.05) is 18.2 Å². The largest absolute Gasteiger partial charge is 0.475 e. The van der Waals surface area contributed by atoms with Crippen LogP contribution in [-0.4, -0.2) is 44.3 Å². The first-order valence-corrected chi connectivity index (χ1v) is 8.40. The van der Waals surface area contributed by atoms with Crippen LogP contribution in [-0.2, 0) is 14.2 Å². The van der Waals surface area contributed by atoms with Gasteiger partial charge >= 0.3 is 0 Å². The third kappa shape index (κ3) is 4.54. The van der Waals surface area contributed by atoms with E-state index in [4.69, 9.17) is 18.9 Å². The second-order valence-corrected chi connectivity index (χ2v) is 5.75. The molecule has 0 aromatic carbocycles. The van der Waals surface area contributed by atoms with Gasteiger partial charge in [-0.25, -0.2) is 4.98 Å². The molecule has 3 heterocycles. The lowest BCUT2D eigenvalue weighted by molar-refractivity contribution is -0.165. The Morgan fingerprint density at radius 1 is 1.25 bits per heavy atom. The third-order valence-corrected chi connectivity index (χ3v) is 4.05. The summed E-state index contributed by atoms with van der Waals surface area (Å²) in [5.41, 5.74) is 2.37. The van der Waals surface area contributed by atoms with Crippen molar-refractivity contribution >= 4 is 5.57 Å². The lowest BCUT2D eigenvalue weighted by Crippen LogP contribution is -2.24. The molecule has 1 aromatic heterocycles. The highest BCUT2D eigenvalue weighted by molar-refractivity contribution is 5.70. The zero-order valence-electron chi connectivity index (χ0n) is 13.7. The Morgan fingerprint density at radius 3 is 3.04 bits per heavy atom. The molecule has 2 aliphatic heterocycles. The van der Waals surface area contributed by atoms with Crippen molar-refractivity contribution in [1.29, 1.82) is 5.26 Å². The molecular formula is C18H22N2O4. The predicted molar refractivity (Wildman–Crippen MR) is 87.2 cm³/mol. The average molecular weight is 330 g/mol. The summed E-state index contributed by atoms with van der Waals surface area (Å²) in [6.45, 7) is 2.63. The number of aromatic nitrogens is 1. The summed E-state index contributed by atoms with van der Waals surface area (Å²) < 4.78 is 22.1. The fraction of sp³-hybridized carbons (Fsp3) is 0.556. The molecule has 6 nitrogen and oxygen atoms in total. The van der Waals surface area contributed by atoms with Gasteiger partial charge in [0.2, 0.25) is 5.88 Å². The predicted octanol–water partition coefficient (Wildman–Crippen LogP) is 2.70. The minimum atomic E-state index is -0.104. The Kier molecular flexibility index (Phi) is 6.19. The molecule has 2 aliphatic rings. The van der Waals surface area contributed by atoms with Gasteiger partial charge in [0, 0.05) is 12.7 Å². The molecule has 0 radical (unpaired) electrons. The van der Waals surface area contributed by atoms with E-state index in [1.165, 1.54) is 0 Å². The van der Waals surface area contributed by atoms with Crippen molar-refractivity contribution in [3.63, 3.8) is 0 Å². The Bertz CT molecular complexity index is 618. The van der Waals surface area contributed by atoms with Gasteiger partial charge in [0.05, 0.1) is 37.2 Å². The van der Waals surface area contributed by atoms with Crippen LogP contribution >= 0.6 is 0 Å². The zero-order chi connectivity index (χ0) is 16.6. The molecule has 0 aliphatic carbocycles. The molecule has 0 spiro atoms. The SMILES string of the molecule is N#CC1=C(c2cccc(OCCOC3CCCCO3)n2)CCOC1. The summed E-state index contributed by atoms with van der Waals surface area (Å²) in [6.07, 6.45) is 3.79. The van der Waals surface area contributed by atoms with Crippen LogP contribution in [0, 0.1) is 11.3 Å². The minimum Gasteiger partial charge on any atom is -0.475 e. The fourth-order valence-electron chi connectivity index (χ4n) is 2.80. The van der Waals surface area contributed by atoms with Crippen molar-refractivity contribution in [2.75, 3.05) is 33.0 Å². The maximum atomic E-state index is 9.21. The van der Waals surface area contributed by atoms with E-state index in [1.54, 1.807) is 0 Å². The van der Waals surface area contributed by atoms with Gasteiger partial charge in [-0.15, -0.1) is 0 Å². The first-order valence-electron chi connectivity index (χ1n) is 8.40. The van der Waals surface area contributed by atoms with Crippen molar-refractivity contribution < 1.29 is 18.9 Å². The summed E-state index contributed by atoms with van der Waals surface area (Å²) in [5, 5.41) is 9.21. The molecule has 1 aromatic rings. The standard InChI is InChI=1S/C18H22N2O4/c19-12-14-13-21-9-7-15(14)16-4-3-5-17(20-16)22-10-11-24-18-6-1-2-8-23-18/h3-5,18H,1-2,6-11,13H2. The first kappa shape index (κ1) is 16.9. The van der Waals surface area contributed by atoms with E-state index in [9.17, 15) is 5.26 Å². The van der Waals surface area contributed by atoms with Crippen LogP contribution < -0.4 is 4.74 Å². The molecule has 6 heteroatoms. The Morgan fingerprint density at radius 2 is 2.21 bits per heavy atom. The smallest absolute Gasteiger partial charge is 0.213 e. The van der Waals surface area contributed by atoms with E-state index in [-0.39, 0.29) is 6.29 Å². The van der Waals surface area contributed by atoms with Gasteiger partial charge in [-0.2, -0.15) is 5.26 Å². The number of rotatable bonds is 6. The second kappa shape index (κ2) is 8.78. The van der Waals surface area contributed by atoms with Gasteiger partial charge in [0.1, 0.15) is 6.61 Å². The van der Waals surface area contributed by atoms with Crippen LogP contribution in [0.1, 0.15) is 31.4 Å². The Hall–Kier alpha value is -1.94. The van der Waals surface area contributed by atoms with Crippen LogP contribution in [0.25, 0.3) is 5.57 Å².